The molecule has 0 aliphatic heterocycles. The predicted molar refractivity (Wildman–Crippen MR) is 115 cm³/mol. The van der Waals surface area contributed by atoms with Crippen molar-refractivity contribution in [2.75, 3.05) is 0 Å². The van der Waals surface area contributed by atoms with Gasteiger partial charge in [-0.15, -0.1) is 0 Å². The number of carbonyl (C=O) groups is 1. The molecule has 0 saturated carbocycles. The third-order valence-electron chi connectivity index (χ3n) is 4.90. The predicted octanol–water partition coefficient (Wildman–Crippen LogP) is 5.73. The molecule has 0 unspecified atom stereocenters. The molecule has 4 aromatic carbocycles. The molecule has 5 nitrogen and oxygen atoms in total. The topological polar surface area (TPSA) is 87.0 Å². The molecule has 0 aliphatic rings. The molecule has 0 bridgehead atoms. The number of aliphatic carboxylic acids is 1. The minimum atomic E-state index is -0.826. The van der Waals surface area contributed by atoms with Crippen LogP contribution in [-0.2, 0) is 11.2 Å². The van der Waals surface area contributed by atoms with E-state index < -0.39 is 5.97 Å². The molecule has 0 spiro atoms. The highest BCUT2D eigenvalue weighted by molar-refractivity contribution is 5.96. The van der Waals surface area contributed by atoms with Crippen molar-refractivity contribution < 1.29 is 24.9 Å². The minimum Gasteiger partial charge on any atom is -0.508 e. The third kappa shape index (κ3) is 4.20. The number of carboxylic acids is 1. The molecule has 4 aromatic rings. The maximum atomic E-state index is 10.8. The Balaban J connectivity index is 1.74. The quantitative estimate of drug-likeness (QED) is 0.385. The molecule has 4 rings (SSSR count). The van der Waals surface area contributed by atoms with Crippen LogP contribution < -0.4 is 4.74 Å². The number of carboxylic acid groups (broad SMARTS) is 1. The summed E-state index contributed by atoms with van der Waals surface area (Å²) in [5.74, 6) is 0.788. The molecular weight excluding hydrogens is 380 g/mol. The molecule has 3 N–H and O–H groups in total. The zero-order chi connectivity index (χ0) is 21.1. The minimum absolute atomic E-state index is 0.0814. The normalized spacial score (nSPS) is 10.8. The molecule has 5 heteroatoms. The van der Waals surface area contributed by atoms with Crippen LogP contribution in [0.25, 0.3) is 21.9 Å². The van der Waals surface area contributed by atoms with E-state index in [1.165, 1.54) is 0 Å². The third-order valence-corrected chi connectivity index (χ3v) is 4.90. The Morgan fingerprint density at radius 3 is 2.20 bits per heavy atom. The molecule has 30 heavy (non-hydrogen) atoms. The van der Waals surface area contributed by atoms with Gasteiger partial charge in [0.05, 0.1) is 0 Å². The number of fused-ring (bicyclic) bond motifs is 1. The number of ether oxygens (including phenoxy) is 1. The lowest BCUT2D eigenvalue weighted by atomic mass is 9.99. The van der Waals surface area contributed by atoms with Gasteiger partial charge in [-0.25, -0.2) is 0 Å². The van der Waals surface area contributed by atoms with Gasteiger partial charge in [-0.2, -0.15) is 0 Å². The number of rotatable bonds is 6. The first-order chi connectivity index (χ1) is 14.5. The van der Waals surface area contributed by atoms with Crippen molar-refractivity contribution >= 4 is 16.7 Å². The molecule has 0 fully saturated rings. The Kier molecular flexibility index (Phi) is 5.26. The average molecular weight is 400 g/mol. The van der Waals surface area contributed by atoms with E-state index in [1.54, 1.807) is 24.3 Å². The van der Waals surface area contributed by atoms with E-state index in [2.05, 4.69) is 0 Å². The monoisotopic (exact) mass is 400 g/mol. The number of phenolic OH excluding ortho intramolecular Hbond substituents is 2. The highest BCUT2D eigenvalue weighted by Crippen LogP contribution is 2.40. The molecule has 0 radical (unpaired) electrons. The first-order valence-corrected chi connectivity index (χ1v) is 9.53. The van der Waals surface area contributed by atoms with Crippen LogP contribution in [-0.4, -0.2) is 21.3 Å². The molecule has 0 atom stereocenters. The van der Waals surface area contributed by atoms with Gasteiger partial charge in [-0.3, -0.25) is 4.79 Å². The number of aryl methyl sites for hydroxylation is 1. The lowest BCUT2D eigenvalue weighted by molar-refractivity contribution is -0.136. The van der Waals surface area contributed by atoms with Gasteiger partial charge in [0, 0.05) is 17.4 Å². The molecule has 0 saturated heterocycles. The van der Waals surface area contributed by atoms with E-state index >= 15 is 0 Å². The molecule has 0 heterocycles. The van der Waals surface area contributed by atoms with Crippen LogP contribution >= 0.6 is 0 Å². The molecule has 0 amide bonds. The van der Waals surface area contributed by atoms with Crippen LogP contribution in [0.2, 0.25) is 0 Å². The molecule has 0 aromatic heterocycles. The lowest BCUT2D eigenvalue weighted by Crippen LogP contribution is -1.97. The second-order valence-corrected chi connectivity index (χ2v) is 7.03. The van der Waals surface area contributed by atoms with Gasteiger partial charge in [0.2, 0.25) is 0 Å². The SMILES string of the molecule is O=C(O)CCc1ccc(Oc2c(-c3ccc(O)cc3)ccc3cc(O)ccc23)cc1. The second-order valence-electron chi connectivity index (χ2n) is 7.03. The fourth-order valence-electron chi connectivity index (χ4n) is 3.36. The smallest absolute Gasteiger partial charge is 0.303 e. The summed E-state index contributed by atoms with van der Waals surface area (Å²) in [6.07, 6.45) is 0.542. The van der Waals surface area contributed by atoms with Gasteiger partial charge in [-0.05, 0) is 71.5 Å². The summed E-state index contributed by atoms with van der Waals surface area (Å²) in [5.41, 5.74) is 2.66. The van der Waals surface area contributed by atoms with E-state index in [0.29, 0.717) is 17.9 Å². The largest absolute Gasteiger partial charge is 0.508 e. The summed E-state index contributed by atoms with van der Waals surface area (Å²) in [4.78, 5) is 10.8. The van der Waals surface area contributed by atoms with Crippen molar-refractivity contribution in [3.63, 3.8) is 0 Å². The van der Waals surface area contributed by atoms with Crippen LogP contribution in [0.5, 0.6) is 23.0 Å². The van der Waals surface area contributed by atoms with E-state index in [0.717, 1.165) is 27.5 Å². The zero-order valence-electron chi connectivity index (χ0n) is 16.1. The molecular formula is C25H20O5. The fraction of sp³-hybridized carbons (Fsp3) is 0.0800. The van der Waals surface area contributed by atoms with E-state index in [9.17, 15) is 15.0 Å². The van der Waals surface area contributed by atoms with Gasteiger partial charge in [0.25, 0.3) is 0 Å². The van der Waals surface area contributed by atoms with Crippen LogP contribution in [0.1, 0.15) is 12.0 Å². The Hall–Kier alpha value is -3.99. The maximum absolute atomic E-state index is 10.8. The van der Waals surface area contributed by atoms with E-state index in [-0.39, 0.29) is 17.9 Å². The van der Waals surface area contributed by atoms with Crippen molar-refractivity contribution in [3.8, 4) is 34.1 Å². The number of benzene rings is 4. The van der Waals surface area contributed by atoms with Gasteiger partial charge in [-0.1, -0.05) is 30.3 Å². The Bertz CT molecular complexity index is 1190. The van der Waals surface area contributed by atoms with Gasteiger partial charge in [0.1, 0.15) is 23.0 Å². The Labute approximate surface area is 173 Å². The van der Waals surface area contributed by atoms with Crippen LogP contribution in [0.3, 0.4) is 0 Å². The van der Waals surface area contributed by atoms with Gasteiger partial charge in [0.15, 0.2) is 0 Å². The van der Waals surface area contributed by atoms with Crippen LogP contribution in [0.15, 0.2) is 78.9 Å². The number of hydrogen-bond donors (Lipinski definition) is 3. The zero-order valence-corrected chi connectivity index (χ0v) is 16.1. The van der Waals surface area contributed by atoms with E-state index in [1.807, 2.05) is 54.6 Å². The first-order valence-electron chi connectivity index (χ1n) is 9.53. The highest BCUT2D eigenvalue weighted by Gasteiger charge is 2.13. The first kappa shape index (κ1) is 19.3. The standard InChI is InChI=1S/C25H20O5/c26-19-7-4-17(5-8-19)22-12-6-18-15-20(27)9-13-23(18)25(22)30-21-10-1-16(2-11-21)3-14-24(28)29/h1-2,4-13,15,26-27H,3,14H2,(H,28,29). The summed E-state index contributed by atoms with van der Waals surface area (Å²) in [6, 6.07) is 23.2. The number of phenols is 2. The lowest BCUT2D eigenvalue weighted by Gasteiger charge is -2.15. The highest BCUT2D eigenvalue weighted by atomic mass is 16.5. The van der Waals surface area contributed by atoms with Gasteiger partial charge >= 0.3 is 5.97 Å². The molecule has 0 aliphatic carbocycles. The van der Waals surface area contributed by atoms with Gasteiger partial charge < -0.3 is 20.1 Å². The second kappa shape index (κ2) is 8.17. The summed E-state index contributed by atoms with van der Waals surface area (Å²) in [5, 5.41) is 30.0. The number of hydrogen-bond acceptors (Lipinski definition) is 4. The average Bonchev–Trinajstić information content (AvgIpc) is 2.74. The van der Waals surface area contributed by atoms with Crippen molar-refractivity contribution in [1.29, 1.82) is 0 Å². The van der Waals surface area contributed by atoms with Crippen LogP contribution in [0.4, 0.5) is 0 Å². The summed E-state index contributed by atoms with van der Waals surface area (Å²) in [7, 11) is 0. The van der Waals surface area contributed by atoms with Crippen molar-refractivity contribution in [2.45, 2.75) is 12.8 Å². The van der Waals surface area contributed by atoms with E-state index in [4.69, 9.17) is 9.84 Å². The Morgan fingerprint density at radius 2 is 1.50 bits per heavy atom. The molecule has 150 valence electrons. The van der Waals surface area contributed by atoms with Crippen molar-refractivity contribution in [1.82, 2.24) is 0 Å². The fourth-order valence-corrected chi connectivity index (χ4v) is 3.36. The van der Waals surface area contributed by atoms with Crippen molar-refractivity contribution in [2.24, 2.45) is 0 Å². The summed E-state index contributed by atoms with van der Waals surface area (Å²) < 4.78 is 6.27. The summed E-state index contributed by atoms with van der Waals surface area (Å²) in [6.45, 7) is 0. The Morgan fingerprint density at radius 1 is 0.800 bits per heavy atom. The number of aromatic hydroxyl groups is 2. The van der Waals surface area contributed by atoms with Crippen molar-refractivity contribution in [3.05, 3.63) is 84.4 Å². The van der Waals surface area contributed by atoms with Crippen LogP contribution in [0, 0.1) is 0 Å². The maximum Gasteiger partial charge on any atom is 0.303 e. The summed E-state index contributed by atoms with van der Waals surface area (Å²) >= 11 is 0.